The molecule has 0 atom stereocenters. The van der Waals surface area contributed by atoms with E-state index in [-0.39, 0.29) is 17.5 Å². The van der Waals surface area contributed by atoms with Gasteiger partial charge in [0, 0.05) is 23.0 Å². The molecule has 0 spiro atoms. The number of amides is 2. The Bertz CT molecular complexity index is 399. The molecule has 18 heavy (non-hydrogen) atoms. The SMILES string of the molecule is CC(C)NC(=O)NCC(C)(C)c1ccc(Cl)cc1. The largest absolute Gasteiger partial charge is 0.337 e. The number of urea groups is 1. The van der Waals surface area contributed by atoms with E-state index in [1.807, 2.05) is 38.1 Å². The van der Waals surface area contributed by atoms with Gasteiger partial charge in [-0.25, -0.2) is 4.79 Å². The summed E-state index contributed by atoms with van der Waals surface area (Å²) >= 11 is 5.87. The minimum Gasteiger partial charge on any atom is -0.337 e. The highest BCUT2D eigenvalue weighted by molar-refractivity contribution is 6.30. The highest BCUT2D eigenvalue weighted by Gasteiger charge is 2.21. The van der Waals surface area contributed by atoms with Crippen molar-refractivity contribution in [2.24, 2.45) is 0 Å². The summed E-state index contributed by atoms with van der Waals surface area (Å²) in [7, 11) is 0. The molecule has 4 heteroatoms. The molecule has 0 unspecified atom stereocenters. The second-order valence-corrected chi connectivity index (χ2v) is 5.81. The lowest BCUT2D eigenvalue weighted by atomic mass is 9.85. The topological polar surface area (TPSA) is 41.1 Å². The third-order valence-electron chi connectivity index (χ3n) is 2.74. The maximum absolute atomic E-state index is 11.5. The molecule has 0 fully saturated rings. The number of hydrogen-bond donors (Lipinski definition) is 2. The molecule has 0 aliphatic heterocycles. The van der Waals surface area contributed by atoms with Gasteiger partial charge in [0.1, 0.15) is 0 Å². The van der Waals surface area contributed by atoms with Crippen LogP contribution in [0.3, 0.4) is 0 Å². The van der Waals surface area contributed by atoms with Crippen molar-refractivity contribution in [3.8, 4) is 0 Å². The fourth-order valence-electron chi connectivity index (χ4n) is 1.62. The third-order valence-corrected chi connectivity index (χ3v) is 2.99. The van der Waals surface area contributed by atoms with Gasteiger partial charge >= 0.3 is 6.03 Å². The van der Waals surface area contributed by atoms with Crippen LogP contribution in [0, 0.1) is 0 Å². The van der Waals surface area contributed by atoms with Gasteiger partial charge in [0.2, 0.25) is 0 Å². The van der Waals surface area contributed by atoms with Crippen LogP contribution in [0.25, 0.3) is 0 Å². The maximum atomic E-state index is 11.5. The number of carbonyl (C=O) groups is 1. The Morgan fingerprint density at radius 3 is 2.33 bits per heavy atom. The van der Waals surface area contributed by atoms with E-state index >= 15 is 0 Å². The number of rotatable bonds is 4. The standard InChI is InChI=1S/C14H21ClN2O/c1-10(2)17-13(18)16-9-14(3,4)11-5-7-12(15)8-6-11/h5-8,10H,9H2,1-4H3,(H2,16,17,18). The predicted octanol–water partition coefficient (Wildman–Crippen LogP) is 3.33. The second-order valence-electron chi connectivity index (χ2n) is 5.37. The van der Waals surface area contributed by atoms with Crippen LogP contribution in [0.2, 0.25) is 5.02 Å². The van der Waals surface area contributed by atoms with Gasteiger partial charge in [-0.3, -0.25) is 0 Å². The quantitative estimate of drug-likeness (QED) is 0.864. The highest BCUT2D eigenvalue weighted by Crippen LogP contribution is 2.23. The summed E-state index contributed by atoms with van der Waals surface area (Å²) in [6.07, 6.45) is 0. The van der Waals surface area contributed by atoms with Crippen LogP contribution in [0.1, 0.15) is 33.3 Å². The van der Waals surface area contributed by atoms with Crippen LogP contribution in [-0.4, -0.2) is 18.6 Å². The molecular formula is C14H21ClN2O. The Morgan fingerprint density at radius 1 is 1.28 bits per heavy atom. The van der Waals surface area contributed by atoms with Gasteiger partial charge < -0.3 is 10.6 Å². The minimum absolute atomic E-state index is 0.126. The van der Waals surface area contributed by atoms with Gasteiger partial charge in [-0.1, -0.05) is 37.6 Å². The number of hydrogen-bond acceptors (Lipinski definition) is 1. The van der Waals surface area contributed by atoms with Gasteiger partial charge in [0.15, 0.2) is 0 Å². The van der Waals surface area contributed by atoms with E-state index in [1.54, 1.807) is 0 Å². The van der Waals surface area contributed by atoms with Crippen molar-refractivity contribution < 1.29 is 4.79 Å². The van der Waals surface area contributed by atoms with E-state index in [2.05, 4.69) is 24.5 Å². The first-order valence-electron chi connectivity index (χ1n) is 6.11. The summed E-state index contributed by atoms with van der Waals surface area (Å²) in [6, 6.07) is 7.73. The van der Waals surface area contributed by atoms with E-state index in [4.69, 9.17) is 11.6 Å². The van der Waals surface area contributed by atoms with Crippen LogP contribution >= 0.6 is 11.6 Å². The molecule has 0 aromatic heterocycles. The summed E-state index contributed by atoms with van der Waals surface area (Å²) < 4.78 is 0. The molecule has 3 nitrogen and oxygen atoms in total. The first kappa shape index (κ1) is 14.8. The van der Waals surface area contributed by atoms with Gasteiger partial charge in [-0.15, -0.1) is 0 Å². The third kappa shape index (κ3) is 4.57. The Balaban J connectivity index is 2.59. The van der Waals surface area contributed by atoms with Crippen molar-refractivity contribution in [3.63, 3.8) is 0 Å². The molecule has 0 heterocycles. The van der Waals surface area contributed by atoms with E-state index < -0.39 is 0 Å². The van der Waals surface area contributed by atoms with E-state index in [1.165, 1.54) is 0 Å². The number of nitrogens with one attached hydrogen (secondary N) is 2. The summed E-state index contributed by atoms with van der Waals surface area (Å²) in [5.74, 6) is 0. The Labute approximate surface area is 114 Å². The molecule has 1 aromatic carbocycles. The van der Waals surface area contributed by atoms with E-state index in [0.29, 0.717) is 6.54 Å². The zero-order chi connectivity index (χ0) is 13.8. The van der Waals surface area contributed by atoms with Crippen molar-refractivity contribution >= 4 is 17.6 Å². The summed E-state index contributed by atoms with van der Waals surface area (Å²) in [4.78, 5) is 11.5. The molecular weight excluding hydrogens is 248 g/mol. The molecule has 2 amide bonds. The van der Waals surface area contributed by atoms with Crippen LogP contribution in [-0.2, 0) is 5.41 Å². The molecule has 0 bridgehead atoms. The number of benzene rings is 1. The number of halogens is 1. The zero-order valence-corrected chi connectivity index (χ0v) is 12.1. The van der Waals surface area contributed by atoms with E-state index in [0.717, 1.165) is 10.6 Å². The van der Waals surface area contributed by atoms with Gasteiger partial charge in [-0.2, -0.15) is 0 Å². The molecule has 100 valence electrons. The van der Waals surface area contributed by atoms with E-state index in [9.17, 15) is 4.79 Å². The minimum atomic E-state index is -0.132. The average Bonchev–Trinajstić information content (AvgIpc) is 2.26. The lowest BCUT2D eigenvalue weighted by molar-refractivity contribution is 0.236. The monoisotopic (exact) mass is 268 g/mol. The van der Waals surface area contributed by atoms with Gasteiger partial charge in [0.05, 0.1) is 0 Å². The molecule has 0 saturated carbocycles. The second kappa shape index (κ2) is 6.10. The summed E-state index contributed by atoms with van der Waals surface area (Å²) in [5.41, 5.74) is 1.02. The van der Waals surface area contributed by atoms with Crippen LogP contribution in [0.15, 0.2) is 24.3 Å². The molecule has 1 rings (SSSR count). The van der Waals surface area contributed by atoms with Crippen molar-refractivity contribution in [1.82, 2.24) is 10.6 Å². The lowest BCUT2D eigenvalue weighted by Crippen LogP contribution is -2.44. The molecule has 0 aliphatic carbocycles. The summed E-state index contributed by atoms with van der Waals surface area (Å²) in [6.45, 7) is 8.62. The molecule has 0 saturated heterocycles. The maximum Gasteiger partial charge on any atom is 0.315 e. The first-order chi connectivity index (χ1) is 8.31. The molecule has 2 N–H and O–H groups in total. The van der Waals surface area contributed by atoms with Crippen LogP contribution < -0.4 is 10.6 Å². The van der Waals surface area contributed by atoms with Crippen LogP contribution in [0.5, 0.6) is 0 Å². The average molecular weight is 269 g/mol. The fourth-order valence-corrected chi connectivity index (χ4v) is 1.74. The van der Waals surface area contributed by atoms with Crippen molar-refractivity contribution in [3.05, 3.63) is 34.9 Å². The molecule has 0 aliphatic rings. The zero-order valence-electron chi connectivity index (χ0n) is 11.4. The van der Waals surface area contributed by atoms with Crippen molar-refractivity contribution in [2.75, 3.05) is 6.54 Å². The molecule has 0 radical (unpaired) electrons. The normalized spacial score (nSPS) is 11.4. The smallest absolute Gasteiger partial charge is 0.315 e. The highest BCUT2D eigenvalue weighted by atomic mass is 35.5. The van der Waals surface area contributed by atoms with Crippen LogP contribution in [0.4, 0.5) is 4.79 Å². The Morgan fingerprint density at radius 2 is 1.83 bits per heavy atom. The predicted molar refractivity (Wildman–Crippen MR) is 76.1 cm³/mol. The van der Waals surface area contributed by atoms with Crippen molar-refractivity contribution in [1.29, 1.82) is 0 Å². The van der Waals surface area contributed by atoms with Gasteiger partial charge in [0.25, 0.3) is 0 Å². The summed E-state index contributed by atoms with van der Waals surface area (Å²) in [5, 5.41) is 6.41. The Hall–Kier alpha value is -1.22. The van der Waals surface area contributed by atoms with Crippen molar-refractivity contribution in [2.45, 2.75) is 39.2 Å². The molecule has 1 aromatic rings. The Kier molecular flexibility index (Phi) is 5.03. The first-order valence-corrected chi connectivity index (χ1v) is 6.49. The van der Waals surface area contributed by atoms with Gasteiger partial charge in [-0.05, 0) is 31.5 Å². The fraction of sp³-hybridized carbons (Fsp3) is 0.500. The lowest BCUT2D eigenvalue weighted by Gasteiger charge is -2.26. The number of carbonyl (C=O) groups excluding carboxylic acids is 1.